The Morgan fingerprint density at radius 3 is 1.96 bits per heavy atom. The molecular weight excluding hydrogens is 352 g/mol. The highest BCUT2D eigenvalue weighted by Gasteiger charge is 2.36. The number of ketones is 1. The molecule has 23 heavy (non-hydrogen) atoms. The molecule has 0 spiro atoms. The predicted octanol–water partition coefficient (Wildman–Crippen LogP) is 5.69. The minimum absolute atomic E-state index is 0.0828. The van der Waals surface area contributed by atoms with Crippen LogP contribution in [-0.2, 0) is 4.79 Å². The van der Waals surface area contributed by atoms with Gasteiger partial charge >= 0.3 is 6.18 Å². The van der Waals surface area contributed by atoms with E-state index in [1.165, 1.54) is 12.1 Å². The first kappa shape index (κ1) is 17.4. The zero-order chi connectivity index (χ0) is 17.2. The second-order valence-corrected chi connectivity index (χ2v) is 5.50. The minimum atomic E-state index is -5.02. The zero-order valence-corrected chi connectivity index (χ0v) is 12.9. The van der Waals surface area contributed by atoms with Crippen LogP contribution < -0.4 is 0 Å². The highest BCUT2D eigenvalue weighted by Crippen LogP contribution is 2.28. The summed E-state index contributed by atoms with van der Waals surface area (Å²) in [6.07, 6.45) is -4.88. The summed E-state index contributed by atoms with van der Waals surface area (Å²) in [5, 5.41) is 10.5. The summed E-state index contributed by atoms with van der Waals surface area (Å²) in [6, 6.07) is 10.8. The van der Waals surface area contributed by atoms with Gasteiger partial charge in [-0.15, -0.1) is 0 Å². The Labute approximate surface area is 139 Å². The van der Waals surface area contributed by atoms with Gasteiger partial charge in [0.25, 0.3) is 5.78 Å². The first-order chi connectivity index (χ1) is 10.7. The molecule has 0 heterocycles. The molecule has 0 aromatic heterocycles. The Bertz CT molecular complexity index is 746. The topological polar surface area (TPSA) is 37.3 Å². The van der Waals surface area contributed by atoms with Crippen LogP contribution in [0.5, 0.6) is 0 Å². The van der Waals surface area contributed by atoms with Gasteiger partial charge in [0.05, 0.1) is 0 Å². The molecule has 2 rings (SSSR count). The number of rotatable bonds is 3. The summed E-state index contributed by atoms with van der Waals surface area (Å²) in [7, 11) is 0. The lowest BCUT2D eigenvalue weighted by Crippen LogP contribution is -2.20. The molecule has 0 aliphatic heterocycles. The standard InChI is InChI=1S/C16H9Cl2F3O2/c17-12-5-11(6-13(18)7-12)9-1-3-10(4-2-9)14(22)8-15(23)16(19,20)21/h1-8,22H/b14-8-. The minimum Gasteiger partial charge on any atom is -0.507 e. The lowest BCUT2D eigenvalue weighted by atomic mass is 10.0. The molecule has 2 nitrogen and oxygen atoms in total. The first-order valence-electron chi connectivity index (χ1n) is 6.25. The summed E-state index contributed by atoms with van der Waals surface area (Å²) in [6.45, 7) is 0. The van der Waals surface area contributed by atoms with Crippen LogP contribution in [0.15, 0.2) is 48.5 Å². The fraction of sp³-hybridized carbons (Fsp3) is 0.0625. The smallest absolute Gasteiger partial charge is 0.454 e. The highest BCUT2D eigenvalue weighted by atomic mass is 35.5. The fourth-order valence-electron chi connectivity index (χ4n) is 1.84. The van der Waals surface area contributed by atoms with Crippen LogP contribution >= 0.6 is 23.2 Å². The fourth-order valence-corrected chi connectivity index (χ4v) is 2.37. The van der Waals surface area contributed by atoms with E-state index in [4.69, 9.17) is 23.2 Å². The molecule has 0 fully saturated rings. The average Bonchev–Trinajstić information content (AvgIpc) is 2.45. The van der Waals surface area contributed by atoms with Crippen molar-refractivity contribution in [3.05, 3.63) is 64.1 Å². The van der Waals surface area contributed by atoms with Crippen LogP contribution in [0, 0.1) is 0 Å². The monoisotopic (exact) mass is 360 g/mol. The van der Waals surface area contributed by atoms with Crippen molar-refractivity contribution in [1.82, 2.24) is 0 Å². The molecule has 0 unspecified atom stereocenters. The van der Waals surface area contributed by atoms with Gasteiger partial charge < -0.3 is 5.11 Å². The van der Waals surface area contributed by atoms with Gasteiger partial charge in [0.15, 0.2) is 0 Å². The molecule has 0 aliphatic carbocycles. The van der Waals surface area contributed by atoms with Crippen LogP contribution in [0.4, 0.5) is 13.2 Å². The van der Waals surface area contributed by atoms with E-state index in [0.717, 1.165) is 0 Å². The number of allylic oxidation sites excluding steroid dienone is 1. The van der Waals surface area contributed by atoms with E-state index in [-0.39, 0.29) is 11.6 Å². The maximum absolute atomic E-state index is 12.2. The maximum atomic E-state index is 12.2. The average molecular weight is 361 g/mol. The summed E-state index contributed by atoms with van der Waals surface area (Å²) < 4.78 is 36.5. The lowest BCUT2D eigenvalue weighted by molar-refractivity contribution is -0.165. The third-order valence-corrected chi connectivity index (χ3v) is 3.36. The van der Waals surface area contributed by atoms with E-state index >= 15 is 0 Å². The Morgan fingerprint density at radius 1 is 0.957 bits per heavy atom. The third kappa shape index (κ3) is 4.50. The van der Waals surface area contributed by atoms with Gasteiger partial charge in [0, 0.05) is 21.7 Å². The summed E-state index contributed by atoms with van der Waals surface area (Å²) in [4.78, 5) is 10.8. The van der Waals surface area contributed by atoms with Crippen LogP contribution in [0.1, 0.15) is 5.56 Å². The van der Waals surface area contributed by atoms with Crippen molar-refractivity contribution < 1.29 is 23.1 Å². The molecule has 0 aliphatic rings. The number of aliphatic hydroxyl groups excluding tert-OH is 1. The maximum Gasteiger partial charge on any atom is 0.454 e. The molecule has 0 saturated carbocycles. The Hall–Kier alpha value is -1.98. The molecule has 2 aromatic carbocycles. The van der Waals surface area contributed by atoms with Crippen LogP contribution in [0.25, 0.3) is 16.9 Å². The molecule has 1 N–H and O–H groups in total. The molecule has 2 aromatic rings. The van der Waals surface area contributed by atoms with Gasteiger partial charge in [0.1, 0.15) is 5.76 Å². The van der Waals surface area contributed by atoms with E-state index in [9.17, 15) is 23.1 Å². The number of alkyl halides is 3. The van der Waals surface area contributed by atoms with Gasteiger partial charge in [-0.3, -0.25) is 4.79 Å². The van der Waals surface area contributed by atoms with Crippen molar-refractivity contribution in [2.75, 3.05) is 0 Å². The predicted molar refractivity (Wildman–Crippen MR) is 83.6 cm³/mol. The lowest BCUT2D eigenvalue weighted by Gasteiger charge is -2.06. The number of carbonyl (C=O) groups excluding carboxylic acids is 1. The first-order valence-corrected chi connectivity index (χ1v) is 7.01. The number of carbonyl (C=O) groups is 1. The second-order valence-electron chi connectivity index (χ2n) is 4.63. The zero-order valence-electron chi connectivity index (χ0n) is 11.4. The van der Waals surface area contributed by atoms with E-state index in [2.05, 4.69) is 0 Å². The summed E-state index contributed by atoms with van der Waals surface area (Å²) in [5.74, 6) is -2.89. The number of hydrogen-bond donors (Lipinski definition) is 1. The van der Waals surface area contributed by atoms with E-state index in [0.29, 0.717) is 21.2 Å². The van der Waals surface area contributed by atoms with Gasteiger partial charge in [-0.1, -0.05) is 47.5 Å². The van der Waals surface area contributed by atoms with Crippen molar-refractivity contribution >= 4 is 34.7 Å². The van der Waals surface area contributed by atoms with Crippen molar-refractivity contribution in [2.45, 2.75) is 6.18 Å². The van der Waals surface area contributed by atoms with Gasteiger partial charge in [0.2, 0.25) is 0 Å². The van der Waals surface area contributed by atoms with Crippen molar-refractivity contribution in [3.63, 3.8) is 0 Å². The molecule has 0 bridgehead atoms. The molecule has 0 atom stereocenters. The quantitative estimate of drug-likeness (QED) is 0.563. The van der Waals surface area contributed by atoms with Crippen molar-refractivity contribution in [3.8, 4) is 11.1 Å². The van der Waals surface area contributed by atoms with E-state index in [1.807, 2.05) is 0 Å². The molecule has 0 amide bonds. The SMILES string of the molecule is O=C(/C=C(\O)c1ccc(-c2cc(Cl)cc(Cl)c2)cc1)C(F)(F)F. The Kier molecular flexibility index (Phi) is 5.02. The van der Waals surface area contributed by atoms with Gasteiger partial charge in [-0.2, -0.15) is 13.2 Å². The molecule has 7 heteroatoms. The van der Waals surface area contributed by atoms with Gasteiger partial charge in [-0.25, -0.2) is 0 Å². The van der Waals surface area contributed by atoms with Crippen LogP contribution in [-0.4, -0.2) is 17.1 Å². The molecule has 120 valence electrons. The highest BCUT2D eigenvalue weighted by molar-refractivity contribution is 6.35. The number of halogens is 5. The van der Waals surface area contributed by atoms with E-state index < -0.39 is 17.7 Å². The normalized spacial score (nSPS) is 12.3. The summed E-state index contributed by atoms with van der Waals surface area (Å²) in [5.41, 5.74) is 1.50. The van der Waals surface area contributed by atoms with Gasteiger partial charge in [-0.05, 0) is 29.3 Å². The third-order valence-electron chi connectivity index (χ3n) is 2.92. The number of benzene rings is 2. The second kappa shape index (κ2) is 6.64. The van der Waals surface area contributed by atoms with E-state index in [1.54, 1.807) is 30.3 Å². The Morgan fingerprint density at radius 2 is 1.48 bits per heavy atom. The van der Waals surface area contributed by atoms with Crippen LogP contribution in [0.2, 0.25) is 10.0 Å². The largest absolute Gasteiger partial charge is 0.507 e. The van der Waals surface area contributed by atoms with Crippen molar-refractivity contribution in [2.24, 2.45) is 0 Å². The number of hydrogen-bond acceptors (Lipinski definition) is 2. The molecule has 0 radical (unpaired) electrons. The van der Waals surface area contributed by atoms with Crippen LogP contribution in [0.3, 0.4) is 0 Å². The van der Waals surface area contributed by atoms with Crippen molar-refractivity contribution in [1.29, 1.82) is 0 Å². The molecule has 0 saturated heterocycles. The number of aliphatic hydroxyl groups is 1. The molecular formula is C16H9Cl2F3O2. The summed E-state index contributed by atoms with van der Waals surface area (Å²) >= 11 is 11.8. The Balaban J connectivity index is 2.29.